The molecule has 4 rings (SSSR count). The summed E-state index contributed by atoms with van der Waals surface area (Å²) in [5, 5.41) is 0. The average molecular weight is 365 g/mol. The van der Waals surface area contributed by atoms with Crippen molar-refractivity contribution >= 4 is 29.0 Å². The maximum atomic E-state index is 12.5. The van der Waals surface area contributed by atoms with E-state index in [2.05, 4.69) is 11.1 Å². The third-order valence-electron chi connectivity index (χ3n) is 4.52. The van der Waals surface area contributed by atoms with E-state index in [9.17, 15) is 9.59 Å². The topological polar surface area (TPSA) is 54.7 Å². The minimum atomic E-state index is -0.0888. The van der Waals surface area contributed by atoms with E-state index < -0.39 is 0 Å². The number of fused-ring (bicyclic) bond motifs is 2. The van der Waals surface area contributed by atoms with Crippen molar-refractivity contribution in [1.82, 2.24) is 9.38 Å². The summed E-state index contributed by atoms with van der Waals surface area (Å²) in [7, 11) is 0. The van der Waals surface area contributed by atoms with E-state index in [1.54, 1.807) is 16.7 Å². The van der Waals surface area contributed by atoms with E-state index in [-0.39, 0.29) is 11.5 Å². The first-order valence-corrected chi connectivity index (χ1v) is 9.72. The van der Waals surface area contributed by atoms with Crippen LogP contribution in [0.3, 0.4) is 0 Å². The summed E-state index contributed by atoms with van der Waals surface area (Å²) in [6.07, 6.45) is 2.70. The normalized spacial score (nSPS) is 13.2. The van der Waals surface area contributed by atoms with Crippen molar-refractivity contribution in [1.29, 1.82) is 0 Å². The van der Waals surface area contributed by atoms with Crippen molar-refractivity contribution in [2.24, 2.45) is 0 Å². The van der Waals surface area contributed by atoms with Crippen LogP contribution in [0.5, 0.6) is 0 Å². The number of amides is 1. The number of para-hydroxylation sites is 1. The van der Waals surface area contributed by atoms with Crippen molar-refractivity contribution < 1.29 is 4.79 Å². The van der Waals surface area contributed by atoms with Crippen LogP contribution in [-0.4, -0.2) is 27.6 Å². The number of hydrogen-bond donors (Lipinski definition) is 0. The Labute approximate surface area is 155 Å². The molecule has 5 nitrogen and oxygen atoms in total. The fourth-order valence-corrected chi connectivity index (χ4v) is 4.04. The van der Waals surface area contributed by atoms with Gasteiger partial charge in [0.1, 0.15) is 5.65 Å². The fourth-order valence-electron chi connectivity index (χ4n) is 3.25. The van der Waals surface area contributed by atoms with Crippen LogP contribution in [0.1, 0.15) is 16.8 Å². The Morgan fingerprint density at radius 3 is 2.96 bits per heavy atom. The summed E-state index contributed by atoms with van der Waals surface area (Å²) in [5.41, 5.74) is 4.52. The lowest BCUT2D eigenvalue weighted by Crippen LogP contribution is -2.30. The molecule has 6 heteroatoms. The third kappa shape index (κ3) is 3.24. The molecule has 0 spiro atoms. The number of anilines is 1. The molecule has 1 amide bonds. The van der Waals surface area contributed by atoms with Gasteiger partial charge < -0.3 is 4.90 Å². The second kappa shape index (κ2) is 6.96. The maximum Gasteiger partial charge on any atom is 0.258 e. The van der Waals surface area contributed by atoms with Crippen molar-refractivity contribution in [3.63, 3.8) is 0 Å². The van der Waals surface area contributed by atoms with Crippen LogP contribution in [0.15, 0.2) is 53.5 Å². The zero-order valence-electron chi connectivity index (χ0n) is 14.5. The van der Waals surface area contributed by atoms with Gasteiger partial charge in [-0.25, -0.2) is 4.98 Å². The van der Waals surface area contributed by atoms with Crippen molar-refractivity contribution in [2.45, 2.75) is 19.1 Å². The second-order valence-corrected chi connectivity index (χ2v) is 7.42. The van der Waals surface area contributed by atoms with E-state index in [0.29, 0.717) is 22.8 Å². The summed E-state index contributed by atoms with van der Waals surface area (Å²) in [6, 6.07) is 13.4. The van der Waals surface area contributed by atoms with E-state index >= 15 is 0 Å². The van der Waals surface area contributed by atoms with Gasteiger partial charge in [0.2, 0.25) is 5.91 Å². The lowest BCUT2D eigenvalue weighted by Gasteiger charge is -2.17. The summed E-state index contributed by atoms with van der Waals surface area (Å²) in [6.45, 7) is 2.69. The standard InChI is InChI=1S/C20H19N3O2S/c1-14-6-7-18-21-16(10-19(24)23(18)11-14)12-26-13-20(25)22-9-8-15-4-2-3-5-17(15)22/h2-7,10-11H,8-9,12-13H2,1H3. The second-order valence-electron chi connectivity index (χ2n) is 6.44. The molecule has 0 N–H and O–H groups in total. The van der Waals surface area contributed by atoms with Gasteiger partial charge in [0.25, 0.3) is 5.56 Å². The highest BCUT2D eigenvalue weighted by Crippen LogP contribution is 2.28. The number of rotatable bonds is 4. The monoisotopic (exact) mass is 365 g/mol. The Hall–Kier alpha value is -2.60. The van der Waals surface area contributed by atoms with E-state index in [1.165, 1.54) is 17.3 Å². The van der Waals surface area contributed by atoms with Crippen LogP contribution in [0.2, 0.25) is 0 Å². The Morgan fingerprint density at radius 1 is 1.23 bits per heavy atom. The lowest BCUT2D eigenvalue weighted by atomic mass is 10.2. The Bertz CT molecular complexity index is 1040. The number of thioether (sulfide) groups is 1. The molecule has 132 valence electrons. The van der Waals surface area contributed by atoms with Gasteiger partial charge in [-0.1, -0.05) is 24.3 Å². The largest absolute Gasteiger partial charge is 0.311 e. The quantitative estimate of drug-likeness (QED) is 0.713. The molecule has 2 aromatic heterocycles. The molecular weight excluding hydrogens is 346 g/mol. The number of carbonyl (C=O) groups is 1. The van der Waals surface area contributed by atoms with Crippen molar-refractivity contribution in [3.05, 3.63) is 75.8 Å². The molecule has 26 heavy (non-hydrogen) atoms. The summed E-state index contributed by atoms with van der Waals surface area (Å²) >= 11 is 1.49. The van der Waals surface area contributed by atoms with Gasteiger partial charge in [-0.15, -0.1) is 11.8 Å². The third-order valence-corrected chi connectivity index (χ3v) is 5.48. The van der Waals surface area contributed by atoms with E-state index in [4.69, 9.17) is 0 Å². The molecular formula is C20H19N3O2S. The molecule has 0 atom stereocenters. The van der Waals surface area contributed by atoms with Crippen LogP contribution in [0.25, 0.3) is 5.65 Å². The molecule has 0 bridgehead atoms. The lowest BCUT2D eigenvalue weighted by molar-refractivity contribution is -0.116. The predicted molar refractivity (Wildman–Crippen MR) is 105 cm³/mol. The Balaban J connectivity index is 1.42. The van der Waals surface area contributed by atoms with Gasteiger partial charge in [-0.05, 0) is 36.6 Å². The van der Waals surface area contributed by atoms with Gasteiger partial charge in [-0.2, -0.15) is 0 Å². The van der Waals surface area contributed by atoms with Gasteiger partial charge >= 0.3 is 0 Å². The van der Waals surface area contributed by atoms with Crippen LogP contribution >= 0.6 is 11.8 Å². The van der Waals surface area contributed by atoms with Gasteiger partial charge in [0, 0.05) is 30.2 Å². The smallest absolute Gasteiger partial charge is 0.258 e. The molecule has 0 aliphatic carbocycles. The molecule has 0 saturated carbocycles. The highest BCUT2D eigenvalue weighted by Gasteiger charge is 2.23. The summed E-state index contributed by atoms with van der Waals surface area (Å²) in [4.78, 5) is 31.1. The van der Waals surface area contributed by atoms with E-state index in [1.807, 2.05) is 42.2 Å². The highest BCUT2D eigenvalue weighted by molar-refractivity contribution is 7.99. The average Bonchev–Trinajstić information content (AvgIpc) is 3.06. The zero-order valence-corrected chi connectivity index (χ0v) is 15.3. The molecule has 0 unspecified atom stereocenters. The van der Waals surface area contributed by atoms with E-state index in [0.717, 1.165) is 24.2 Å². The van der Waals surface area contributed by atoms with Crippen molar-refractivity contribution in [3.8, 4) is 0 Å². The number of pyridine rings is 1. The number of hydrogen-bond acceptors (Lipinski definition) is 4. The molecule has 0 saturated heterocycles. The van der Waals surface area contributed by atoms with Gasteiger partial charge in [0.05, 0.1) is 11.4 Å². The van der Waals surface area contributed by atoms with Crippen LogP contribution in [0, 0.1) is 6.92 Å². The maximum absolute atomic E-state index is 12.5. The fraction of sp³-hybridized carbons (Fsp3) is 0.250. The number of aromatic nitrogens is 2. The van der Waals surface area contributed by atoms with Crippen LogP contribution < -0.4 is 10.5 Å². The molecule has 3 heterocycles. The number of aryl methyl sites for hydroxylation is 1. The first-order valence-electron chi connectivity index (χ1n) is 8.57. The molecule has 0 radical (unpaired) electrons. The minimum Gasteiger partial charge on any atom is -0.311 e. The zero-order chi connectivity index (χ0) is 18.1. The number of benzene rings is 1. The highest BCUT2D eigenvalue weighted by atomic mass is 32.2. The van der Waals surface area contributed by atoms with Gasteiger partial charge in [0.15, 0.2) is 0 Å². The number of nitrogens with zero attached hydrogens (tertiary/aromatic N) is 3. The molecule has 1 aliphatic rings. The van der Waals surface area contributed by atoms with Gasteiger partial charge in [-0.3, -0.25) is 14.0 Å². The first-order chi connectivity index (χ1) is 12.6. The molecule has 1 aromatic carbocycles. The van der Waals surface area contributed by atoms with Crippen molar-refractivity contribution in [2.75, 3.05) is 17.2 Å². The van der Waals surface area contributed by atoms with Crippen LogP contribution in [0.4, 0.5) is 5.69 Å². The minimum absolute atomic E-state index is 0.0888. The molecule has 1 aliphatic heterocycles. The SMILES string of the molecule is Cc1ccc2nc(CSCC(=O)N3CCc4ccccc43)cc(=O)n2c1. The Morgan fingerprint density at radius 2 is 2.08 bits per heavy atom. The summed E-state index contributed by atoms with van der Waals surface area (Å²) in [5.74, 6) is 1.03. The van der Waals surface area contributed by atoms with Crippen LogP contribution in [-0.2, 0) is 17.0 Å². The Kier molecular flexibility index (Phi) is 4.51. The predicted octanol–water partition coefficient (Wildman–Crippen LogP) is 2.83. The first kappa shape index (κ1) is 16.8. The summed E-state index contributed by atoms with van der Waals surface area (Å²) < 4.78 is 1.55. The number of carbonyl (C=O) groups excluding carboxylic acids is 1. The molecule has 3 aromatic rings. The molecule has 0 fully saturated rings.